The third kappa shape index (κ3) is 5.71. The van der Waals surface area contributed by atoms with Crippen molar-refractivity contribution in [2.45, 2.75) is 111 Å². The molecule has 4 atom stereocenters. The summed E-state index contributed by atoms with van der Waals surface area (Å²) in [7, 11) is 0. The smallest absolute Gasteiger partial charge is 0.0591 e. The van der Waals surface area contributed by atoms with Crippen molar-refractivity contribution in [1.29, 1.82) is 0 Å². The highest BCUT2D eigenvalue weighted by atomic mass is 16.3. The molecule has 0 saturated heterocycles. The van der Waals surface area contributed by atoms with E-state index in [9.17, 15) is 10.2 Å². The summed E-state index contributed by atoms with van der Waals surface area (Å²) < 4.78 is 0. The predicted octanol–water partition coefficient (Wildman–Crippen LogP) is 6.05. The fourth-order valence-electron chi connectivity index (χ4n) is 6.32. The van der Waals surface area contributed by atoms with Gasteiger partial charge in [-0.1, -0.05) is 66.7 Å². The van der Waals surface area contributed by atoms with E-state index >= 15 is 0 Å². The zero-order chi connectivity index (χ0) is 19.3. The lowest BCUT2D eigenvalue weighted by Gasteiger charge is -2.46. The van der Waals surface area contributed by atoms with E-state index < -0.39 is 0 Å². The molecule has 26 heavy (non-hydrogen) atoms. The van der Waals surface area contributed by atoms with Crippen LogP contribution in [0.5, 0.6) is 0 Å². The number of hydrogen-bond acceptors (Lipinski definition) is 2. The Morgan fingerprint density at radius 2 is 1.04 bits per heavy atom. The Morgan fingerprint density at radius 1 is 0.654 bits per heavy atom. The number of aliphatic hydroxyl groups is 2. The fourth-order valence-corrected chi connectivity index (χ4v) is 6.32. The molecule has 2 fully saturated rings. The van der Waals surface area contributed by atoms with E-state index in [-0.39, 0.29) is 12.2 Å². The molecule has 0 aliphatic heterocycles. The summed E-state index contributed by atoms with van der Waals surface area (Å²) >= 11 is 0. The molecule has 0 bridgehead atoms. The number of hydrogen-bond donors (Lipinski definition) is 2. The van der Waals surface area contributed by atoms with Gasteiger partial charge in [0, 0.05) is 0 Å². The molecule has 2 nitrogen and oxygen atoms in total. The SMILES string of the molecule is CCCCCCCC(C1CC(C)C(O)C(C)C1)C1CC(C)C(O)C(C)C1. The summed E-state index contributed by atoms with van der Waals surface area (Å²) in [6, 6.07) is 0. The van der Waals surface area contributed by atoms with Gasteiger partial charge < -0.3 is 10.2 Å². The van der Waals surface area contributed by atoms with Crippen LogP contribution in [0.25, 0.3) is 0 Å². The van der Waals surface area contributed by atoms with E-state index in [1.54, 1.807) is 0 Å². The Labute approximate surface area is 163 Å². The third-order valence-electron chi connectivity index (χ3n) is 7.88. The second-order valence-corrected chi connectivity index (χ2v) is 10.2. The van der Waals surface area contributed by atoms with E-state index in [1.165, 1.54) is 64.2 Å². The van der Waals surface area contributed by atoms with E-state index in [0.717, 1.165) is 17.8 Å². The van der Waals surface area contributed by atoms with Gasteiger partial charge in [0.25, 0.3) is 0 Å². The first kappa shape index (κ1) is 22.2. The Bertz CT molecular complexity index is 342. The summed E-state index contributed by atoms with van der Waals surface area (Å²) in [5.41, 5.74) is 0. The standard InChI is InChI=1S/C24H46O2/c1-6-7-8-9-10-11-22(20-12-16(2)23(25)17(3)13-20)21-14-18(4)24(26)19(5)15-21/h16-26H,6-15H2,1-5H3. The van der Waals surface area contributed by atoms with Crippen LogP contribution in [0.4, 0.5) is 0 Å². The molecule has 154 valence electrons. The van der Waals surface area contributed by atoms with Crippen molar-refractivity contribution in [3.63, 3.8) is 0 Å². The summed E-state index contributed by atoms with van der Waals surface area (Å²) in [4.78, 5) is 0. The average Bonchev–Trinajstić information content (AvgIpc) is 2.60. The van der Waals surface area contributed by atoms with Crippen molar-refractivity contribution < 1.29 is 10.2 Å². The number of unbranched alkanes of at least 4 members (excludes halogenated alkanes) is 4. The second-order valence-electron chi connectivity index (χ2n) is 10.2. The van der Waals surface area contributed by atoms with Crippen LogP contribution in [0.3, 0.4) is 0 Å². The fraction of sp³-hybridized carbons (Fsp3) is 1.00. The predicted molar refractivity (Wildman–Crippen MR) is 111 cm³/mol. The van der Waals surface area contributed by atoms with Gasteiger partial charge in [0.05, 0.1) is 12.2 Å². The maximum Gasteiger partial charge on any atom is 0.0591 e. The van der Waals surface area contributed by atoms with Crippen LogP contribution in [-0.4, -0.2) is 22.4 Å². The summed E-state index contributed by atoms with van der Waals surface area (Å²) in [6.07, 6.45) is 12.8. The van der Waals surface area contributed by atoms with Crippen LogP contribution < -0.4 is 0 Å². The van der Waals surface area contributed by atoms with Gasteiger partial charge in [0.2, 0.25) is 0 Å². The molecule has 2 N–H and O–H groups in total. The molecule has 0 heterocycles. The molecule has 0 radical (unpaired) electrons. The second kappa shape index (κ2) is 10.5. The van der Waals surface area contributed by atoms with Gasteiger partial charge in [-0.3, -0.25) is 0 Å². The van der Waals surface area contributed by atoms with E-state index in [0.29, 0.717) is 23.7 Å². The molecule has 2 saturated carbocycles. The maximum atomic E-state index is 10.4. The van der Waals surface area contributed by atoms with Crippen LogP contribution in [-0.2, 0) is 0 Å². The van der Waals surface area contributed by atoms with E-state index in [4.69, 9.17) is 0 Å². The number of rotatable bonds is 8. The van der Waals surface area contributed by atoms with E-state index in [2.05, 4.69) is 34.6 Å². The van der Waals surface area contributed by atoms with Gasteiger partial charge in [-0.25, -0.2) is 0 Å². The van der Waals surface area contributed by atoms with Crippen LogP contribution in [0.2, 0.25) is 0 Å². The van der Waals surface area contributed by atoms with Crippen molar-refractivity contribution in [3.05, 3.63) is 0 Å². The lowest BCUT2D eigenvalue weighted by molar-refractivity contribution is -0.0404. The van der Waals surface area contributed by atoms with Gasteiger partial charge >= 0.3 is 0 Å². The zero-order valence-corrected chi connectivity index (χ0v) is 18.2. The van der Waals surface area contributed by atoms with Gasteiger partial charge in [-0.05, 0) is 73.5 Å². The first-order valence-electron chi connectivity index (χ1n) is 11.7. The molecular formula is C24H46O2. The highest BCUT2D eigenvalue weighted by molar-refractivity contribution is 4.91. The van der Waals surface area contributed by atoms with Crippen LogP contribution in [0, 0.1) is 41.4 Å². The van der Waals surface area contributed by atoms with Gasteiger partial charge in [0.1, 0.15) is 0 Å². The summed E-state index contributed by atoms with van der Waals surface area (Å²) in [5.74, 6) is 4.10. The minimum Gasteiger partial charge on any atom is -0.393 e. The Morgan fingerprint density at radius 3 is 1.42 bits per heavy atom. The van der Waals surface area contributed by atoms with Crippen LogP contribution in [0.1, 0.15) is 98.8 Å². The topological polar surface area (TPSA) is 40.5 Å². The molecule has 0 aromatic carbocycles. The Balaban J connectivity index is 2.03. The molecule has 0 amide bonds. The monoisotopic (exact) mass is 366 g/mol. The van der Waals surface area contributed by atoms with Gasteiger partial charge in [-0.15, -0.1) is 0 Å². The number of aliphatic hydroxyl groups excluding tert-OH is 2. The van der Waals surface area contributed by atoms with Crippen LogP contribution in [0.15, 0.2) is 0 Å². The zero-order valence-electron chi connectivity index (χ0n) is 18.2. The molecule has 2 aliphatic carbocycles. The third-order valence-corrected chi connectivity index (χ3v) is 7.88. The summed E-state index contributed by atoms with van der Waals surface area (Å²) in [5, 5.41) is 20.8. The lowest BCUT2D eigenvalue weighted by Crippen LogP contribution is -2.42. The minimum atomic E-state index is -0.109. The van der Waals surface area contributed by atoms with Crippen molar-refractivity contribution in [1.82, 2.24) is 0 Å². The van der Waals surface area contributed by atoms with Crippen molar-refractivity contribution in [2.75, 3.05) is 0 Å². The highest BCUT2D eigenvalue weighted by Crippen LogP contribution is 2.47. The van der Waals surface area contributed by atoms with Gasteiger partial charge in [-0.2, -0.15) is 0 Å². The molecule has 4 unspecified atom stereocenters. The van der Waals surface area contributed by atoms with Crippen molar-refractivity contribution in [2.24, 2.45) is 41.4 Å². The first-order chi connectivity index (χ1) is 12.3. The summed E-state index contributed by atoms with van der Waals surface area (Å²) in [6.45, 7) is 11.3. The first-order valence-corrected chi connectivity index (χ1v) is 11.7. The maximum absolute atomic E-state index is 10.4. The van der Waals surface area contributed by atoms with Crippen molar-refractivity contribution >= 4 is 0 Å². The highest BCUT2D eigenvalue weighted by Gasteiger charge is 2.41. The quantitative estimate of drug-likeness (QED) is 0.513. The largest absolute Gasteiger partial charge is 0.393 e. The molecule has 2 rings (SSSR count). The lowest BCUT2D eigenvalue weighted by atomic mass is 9.61. The van der Waals surface area contributed by atoms with Crippen molar-refractivity contribution in [3.8, 4) is 0 Å². The molecule has 2 aliphatic rings. The Kier molecular flexibility index (Phi) is 8.94. The molecule has 0 spiro atoms. The normalized spacial score (nSPS) is 42.6. The van der Waals surface area contributed by atoms with Gasteiger partial charge in [0.15, 0.2) is 0 Å². The van der Waals surface area contributed by atoms with Crippen LogP contribution >= 0.6 is 0 Å². The molecule has 2 heteroatoms. The molecule has 0 aromatic rings. The molecular weight excluding hydrogens is 320 g/mol. The Hall–Kier alpha value is -0.0800. The minimum absolute atomic E-state index is 0.109. The molecule has 0 aromatic heterocycles. The van der Waals surface area contributed by atoms with E-state index in [1.807, 2.05) is 0 Å². The average molecular weight is 367 g/mol.